The summed E-state index contributed by atoms with van der Waals surface area (Å²) in [5, 5.41) is 34.4. The Kier molecular flexibility index (Phi) is 22.5. The van der Waals surface area contributed by atoms with E-state index in [4.69, 9.17) is 33.7 Å². The number of allylic oxidation sites excluding steroid dienone is 1. The van der Waals surface area contributed by atoms with Gasteiger partial charge in [-0.1, -0.05) is 88.4 Å². The number of unbranched alkanes of at least 4 members (excludes halogenated alkanes) is 10. The third kappa shape index (κ3) is 13.7. The third-order valence-corrected chi connectivity index (χ3v) is 13.4. The lowest BCUT2D eigenvalue weighted by atomic mass is 9.55. The first-order valence-corrected chi connectivity index (χ1v) is 24.8. The number of carbonyl (C=O) groups is 2. The van der Waals surface area contributed by atoms with E-state index in [9.17, 15) is 24.9 Å². The second-order valence-corrected chi connectivity index (χ2v) is 17.8. The molecule has 13 heteroatoms. The number of aldehydes is 1. The van der Waals surface area contributed by atoms with E-state index in [0.717, 1.165) is 74.5 Å². The Hall–Kier alpha value is -4.27. The average molecular weight is 919 g/mol. The highest BCUT2D eigenvalue weighted by Gasteiger charge is 2.65. The zero-order valence-corrected chi connectivity index (χ0v) is 40.0. The molecule has 66 heavy (non-hydrogen) atoms. The van der Waals surface area contributed by atoms with Crippen molar-refractivity contribution in [2.24, 2.45) is 22.9 Å². The zero-order valence-electron chi connectivity index (χ0n) is 40.0. The number of hydrogen-bond acceptors (Lipinski definition) is 12. The zero-order chi connectivity index (χ0) is 47.2. The number of fused-ring (bicyclic) bond motifs is 2. The predicted octanol–water partition coefficient (Wildman–Crippen LogP) is 9.71. The minimum absolute atomic E-state index is 0.0265. The maximum Gasteiger partial charge on any atom is 0.239 e. The van der Waals surface area contributed by atoms with E-state index >= 15 is 0 Å². The quantitative estimate of drug-likeness (QED) is 0.0270. The first-order chi connectivity index (χ1) is 32.3. The van der Waals surface area contributed by atoms with Crippen molar-refractivity contribution in [3.8, 4) is 23.0 Å². The summed E-state index contributed by atoms with van der Waals surface area (Å²) < 4.78 is 32.2. The van der Waals surface area contributed by atoms with Crippen LogP contribution in [0.25, 0.3) is 0 Å². The fraction of sp³-hybridized carbons (Fsp3) is 0.642. The van der Waals surface area contributed by atoms with Gasteiger partial charge in [0, 0.05) is 44.1 Å². The standard InChI is InChI=1S/C53H78N2O11/c1-5-8-9-10-11-12-13-14-15-22-50(60)55(27-32-62-33-30-58)49-37-46(54-64-7-3)44-35-39(20-16-18-28-56)43(21-17-19-29-57)51-45-36-42(65-41-23-25-47(61-4)40(34-41)38-59)24-26-48(45)66-53(49,52(44)51)63-31-6-2/h6,23-26,34-36,38-39,43,49,51-52,56-58H,2,5,7-22,27-33,37H2,1,3-4H3/t39-,43+,49-,51+,52+,53+/m0/s1. The van der Waals surface area contributed by atoms with Crippen LogP contribution in [0.4, 0.5) is 0 Å². The number of aliphatic hydroxyl groups is 3. The molecule has 0 radical (unpaired) electrons. The molecule has 366 valence electrons. The van der Waals surface area contributed by atoms with Crippen molar-refractivity contribution in [3.05, 3.63) is 71.8 Å². The smallest absolute Gasteiger partial charge is 0.239 e. The van der Waals surface area contributed by atoms with Gasteiger partial charge >= 0.3 is 0 Å². The SMILES string of the molecule is C=CCO[C@@]12Oc3ccc(Oc4ccc(OC)c(C=O)c4)cc3[C@H]3[C@H](CCCCO)[C@@H](CCCCO)C=C(C(=NOCC)C[C@@H]1N(CCOCCO)C(=O)CCCCCCCCCCC)[C@H]32. The van der Waals surface area contributed by atoms with Gasteiger partial charge in [0.15, 0.2) is 6.29 Å². The van der Waals surface area contributed by atoms with Gasteiger partial charge in [-0.2, -0.15) is 0 Å². The minimum Gasteiger partial charge on any atom is -0.496 e. The number of hydrogen-bond donors (Lipinski definition) is 3. The molecule has 6 atom stereocenters. The number of carbonyl (C=O) groups excluding carboxylic acids is 2. The molecule has 5 rings (SSSR count). The van der Waals surface area contributed by atoms with Crippen molar-refractivity contribution in [1.29, 1.82) is 0 Å². The monoisotopic (exact) mass is 919 g/mol. The Labute approximate surface area is 393 Å². The van der Waals surface area contributed by atoms with Crippen LogP contribution in [-0.2, 0) is 19.1 Å². The Morgan fingerprint density at radius 1 is 0.894 bits per heavy atom. The summed E-state index contributed by atoms with van der Waals surface area (Å²) in [6.07, 6.45) is 20.1. The molecule has 13 nitrogen and oxygen atoms in total. The molecule has 0 spiro atoms. The summed E-state index contributed by atoms with van der Waals surface area (Å²) >= 11 is 0. The number of aliphatic hydroxyl groups excluding tert-OH is 3. The maximum atomic E-state index is 14.9. The fourth-order valence-corrected chi connectivity index (χ4v) is 10.4. The van der Waals surface area contributed by atoms with Crippen molar-refractivity contribution >= 4 is 17.9 Å². The summed E-state index contributed by atoms with van der Waals surface area (Å²) in [6, 6.07) is 10.2. The molecule has 0 saturated heterocycles. The van der Waals surface area contributed by atoms with Crippen LogP contribution in [0, 0.1) is 17.8 Å². The molecule has 1 amide bonds. The lowest BCUT2D eigenvalue weighted by Gasteiger charge is -2.60. The lowest BCUT2D eigenvalue weighted by Crippen LogP contribution is -2.70. The molecule has 2 aromatic rings. The molecule has 0 bridgehead atoms. The first-order valence-electron chi connectivity index (χ1n) is 24.8. The number of oxime groups is 1. The number of methoxy groups -OCH3 is 1. The molecule has 2 aromatic carbocycles. The summed E-state index contributed by atoms with van der Waals surface area (Å²) in [5.41, 5.74) is 2.96. The van der Waals surface area contributed by atoms with Gasteiger partial charge in [0.1, 0.15) is 35.6 Å². The Morgan fingerprint density at radius 3 is 2.29 bits per heavy atom. The summed E-state index contributed by atoms with van der Waals surface area (Å²) in [4.78, 5) is 34.6. The van der Waals surface area contributed by atoms with Gasteiger partial charge in [0.25, 0.3) is 0 Å². The van der Waals surface area contributed by atoms with Crippen molar-refractivity contribution in [1.82, 2.24) is 4.90 Å². The van der Waals surface area contributed by atoms with E-state index in [1.807, 2.05) is 30.0 Å². The Bertz CT molecular complexity index is 1870. The van der Waals surface area contributed by atoms with E-state index in [-0.39, 0.29) is 69.8 Å². The van der Waals surface area contributed by atoms with E-state index in [2.05, 4.69) is 19.6 Å². The van der Waals surface area contributed by atoms with Crippen LogP contribution in [0.2, 0.25) is 0 Å². The van der Waals surface area contributed by atoms with E-state index in [1.54, 1.807) is 24.3 Å². The van der Waals surface area contributed by atoms with E-state index < -0.39 is 17.7 Å². The highest BCUT2D eigenvalue weighted by atomic mass is 16.7. The Morgan fingerprint density at radius 2 is 1.61 bits per heavy atom. The van der Waals surface area contributed by atoms with Crippen LogP contribution < -0.4 is 14.2 Å². The highest BCUT2D eigenvalue weighted by Crippen LogP contribution is 2.62. The summed E-state index contributed by atoms with van der Waals surface area (Å²) in [5.74, 6) is 0.0227. The summed E-state index contributed by atoms with van der Waals surface area (Å²) in [7, 11) is 1.52. The molecule has 1 saturated carbocycles. The molecule has 1 aliphatic heterocycles. The third-order valence-electron chi connectivity index (χ3n) is 13.4. The van der Waals surface area contributed by atoms with Crippen LogP contribution in [0.1, 0.15) is 145 Å². The van der Waals surface area contributed by atoms with Crippen molar-refractivity contribution in [3.63, 3.8) is 0 Å². The predicted molar refractivity (Wildman–Crippen MR) is 257 cm³/mol. The molecule has 2 aliphatic carbocycles. The van der Waals surface area contributed by atoms with Crippen molar-refractivity contribution in [2.45, 2.75) is 141 Å². The molecule has 1 heterocycles. The number of amides is 1. The molecule has 1 fully saturated rings. The van der Waals surface area contributed by atoms with E-state index in [0.29, 0.717) is 60.9 Å². The van der Waals surface area contributed by atoms with Crippen molar-refractivity contribution < 1.29 is 53.4 Å². The molecule has 0 unspecified atom stereocenters. The lowest BCUT2D eigenvalue weighted by molar-refractivity contribution is -0.258. The van der Waals surface area contributed by atoms with Gasteiger partial charge in [-0.05, 0) is 92.8 Å². The van der Waals surface area contributed by atoms with Crippen LogP contribution in [-0.4, -0.2) is 110 Å². The van der Waals surface area contributed by atoms with Gasteiger partial charge in [-0.25, -0.2) is 0 Å². The second kappa shape index (κ2) is 28.2. The summed E-state index contributed by atoms with van der Waals surface area (Å²) in [6.45, 7) is 9.32. The average Bonchev–Trinajstić information content (AvgIpc) is 3.33. The fourth-order valence-electron chi connectivity index (χ4n) is 10.4. The molecule has 3 aliphatic rings. The number of rotatable bonds is 33. The largest absolute Gasteiger partial charge is 0.496 e. The first kappa shape index (κ1) is 52.7. The van der Waals surface area contributed by atoms with Crippen LogP contribution in [0.15, 0.2) is 65.9 Å². The van der Waals surface area contributed by atoms with E-state index in [1.165, 1.54) is 39.2 Å². The Balaban J connectivity index is 1.66. The molecule has 0 aromatic heterocycles. The van der Waals surface area contributed by atoms with Gasteiger partial charge in [0.05, 0.1) is 50.7 Å². The number of benzene rings is 2. The van der Waals surface area contributed by atoms with Crippen LogP contribution >= 0.6 is 0 Å². The van der Waals surface area contributed by atoms with Gasteiger partial charge in [-0.3, -0.25) is 9.59 Å². The van der Waals surface area contributed by atoms with Gasteiger partial charge in [-0.15, -0.1) is 6.58 Å². The topological polar surface area (TPSA) is 166 Å². The molecule has 3 N–H and O–H groups in total. The molecular weight excluding hydrogens is 841 g/mol. The van der Waals surface area contributed by atoms with Gasteiger partial charge in [0.2, 0.25) is 11.7 Å². The van der Waals surface area contributed by atoms with Gasteiger partial charge < -0.3 is 48.7 Å². The van der Waals surface area contributed by atoms with Crippen LogP contribution in [0.3, 0.4) is 0 Å². The van der Waals surface area contributed by atoms with Crippen molar-refractivity contribution in [2.75, 3.05) is 59.9 Å². The highest BCUT2D eigenvalue weighted by molar-refractivity contribution is 6.03. The number of ether oxygens (including phenoxy) is 5. The normalized spacial score (nSPS) is 22.4. The minimum atomic E-state index is -1.41. The maximum absolute atomic E-state index is 14.9. The van der Waals surface area contributed by atoms with Crippen LogP contribution in [0.5, 0.6) is 23.0 Å². The second-order valence-electron chi connectivity index (χ2n) is 17.8. The number of nitrogens with zero attached hydrogens (tertiary/aromatic N) is 2. The molecular formula is C53H78N2O11.